The van der Waals surface area contributed by atoms with Crippen molar-refractivity contribution in [2.24, 2.45) is 5.10 Å². The molecule has 0 spiro atoms. The van der Waals surface area contributed by atoms with Gasteiger partial charge in [-0.05, 0) is 35.9 Å². The minimum Gasteiger partial charge on any atom is -0.354 e. The molecule has 0 bridgehead atoms. The molecular weight excluding hydrogens is 439 g/mol. The van der Waals surface area contributed by atoms with Gasteiger partial charge in [-0.3, -0.25) is 5.43 Å². The van der Waals surface area contributed by atoms with Gasteiger partial charge in [0, 0.05) is 27.1 Å². The van der Waals surface area contributed by atoms with Crippen LogP contribution >= 0.6 is 46.1 Å². The maximum absolute atomic E-state index is 6.23. The monoisotopic (exact) mass is 448 g/mol. The molecule has 0 unspecified atom stereocenters. The SMILES string of the molecule is Clc1ccc(/C=N/Nc2nc(-c3cc(-c4ccc(Cl)cc4Cl)no3)cs2)cc1. The van der Waals surface area contributed by atoms with E-state index in [0.29, 0.717) is 37.3 Å². The Kier molecular flexibility index (Phi) is 5.64. The number of thiazole rings is 1. The quantitative estimate of drug-likeness (QED) is 0.267. The van der Waals surface area contributed by atoms with Crippen molar-refractivity contribution >= 4 is 57.5 Å². The van der Waals surface area contributed by atoms with Crippen LogP contribution in [-0.4, -0.2) is 16.4 Å². The highest BCUT2D eigenvalue weighted by molar-refractivity contribution is 7.14. The van der Waals surface area contributed by atoms with E-state index in [0.717, 1.165) is 11.1 Å². The number of anilines is 1. The molecule has 0 fully saturated rings. The van der Waals surface area contributed by atoms with Gasteiger partial charge in [-0.1, -0.05) is 52.1 Å². The van der Waals surface area contributed by atoms with Gasteiger partial charge in [0.05, 0.1) is 11.2 Å². The van der Waals surface area contributed by atoms with Crippen molar-refractivity contribution in [2.75, 3.05) is 5.43 Å². The van der Waals surface area contributed by atoms with Crippen LogP contribution in [0.15, 0.2) is 63.5 Å². The highest BCUT2D eigenvalue weighted by atomic mass is 35.5. The second-order valence-electron chi connectivity index (χ2n) is 5.66. The van der Waals surface area contributed by atoms with Gasteiger partial charge in [-0.25, -0.2) is 4.98 Å². The Morgan fingerprint density at radius 3 is 2.54 bits per heavy atom. The van der Waals surface area contributed by atoms with Gasteiger partial charge in [0.1, 0.15) is 11.4 Å². The fourth-order valence-electron chi connectivity index (χ4n) is 2.37. The van der Waals surface area contributed by atoms with Crippen LogP contribution < -0.4 is 5.43 Å². The smallest absolute Gasteiger partial charge is 0.203 e. The molecule has 0 amide bonds. The summed E-state index contributed by atoms with van der Waals surface area (Å²) >= 11 is 19.4. The van der Waals surface area contributed by atoms with Gasteiger partial charge in [-0.2, -0.15) is 5.10 Å². The molecule has 28 heavy (non-hydrogen) atoms. The summed E-state index contributed by atoms with van der Waals surface area (Å²) in [5.41, 5.74) is 5.82. The average molecular weight is 450 g/mol. The molecule has 4 rings (SSSR count). The molecular formula is C19H11Cl3N4OS. The Labute approximate surface area is 179 Å². The fourth-order valence-corrected chi connectivity index (χ4v) is 3.65. The summed E-state index contributed by atoms with van der Waals surface area (Å²) in [7, 11) is 0. The normalized spacial score (nSPS) is 11.2. The number of hydrogen-bond acceptors (Lipinski definition) is 6. The van der Waals surface area contributed by atoms with Crippen molar-refractivity contribution in [3.8, 4) is 22.7 Å². The molecule has 1 N–H and O–H groups in total. The van der Waals surface area contributed by atoms with E-state index in [1.807, 2.05) is 17.5 Å². The Bertz CT molecular complexity index is 1140. The minimum absolute atomic E-state index is 0.504. The maximum Gasteiger partial charge on any atom is 0.203 e. The molecule has 0 aliphatic heterocycles. The number of benzene rings is 2. The summed E-state index contributed by atoms with van der Waals surface area (Å²) in [6, 6.07) is 14.4. The summed E-state index contributed by atoms with van der Waals surface area (Å²) < 4.78 is 5.41. The highest BCUT2D eigenvalue weighted by Crippen LogP contribution is 2.33. The molecule has 2 aromatic heterocycles. The topological polar surface area (TPSA) is 63.3 Å². The van der Waals surface area contributed by atoms with Crippen LogP contribution in [0.5, 0.6) is 0 Å². The summed E-state index contributed by atoms with van der Waals surface area (Å²) in [6.45, 7) is 0. The lowest BCUT2D eigenvalue weighted by molar-refractivity contribution is 0.434. The largest absolute Gasteiger partial charge is 0.354 e. The summed E-state index contributed by atoms with van der Waals surface area (Å²) in [6.07, 6.45) is 1.69. The lowest BCUT2D eigenvalue weighted by Gasteiger charge is -1.99. The molecule has 4 aromatic rings. The first-order chi connectivity index (χ1) is 13.6. The van der Waals surface area contributed by atoms with E-state index in [-0.39, 0.29) is 0 Å². The van der Waals surface area contributed by atoms with Gasteiger partial charge in [0.25, 0.3) is 0 Å². The molecule has 0 saturated carbocycles. The van der Waals surface area contributed by atoms with Gasteiger partial charge < -0.3 is 4.52 Å². The molecule has 0 aliphatic carbocycles. The van der Waals surface area contributed by atoms with Crippen LogP contribution in [0.3, 0.4) is 0 Å². The third kappa shape index (κ3) is 4.36. The second-order valence-corrected chi connectivity index (χ2v) is 7.80. The van der Waals surface area contributed by atoms with Crippen molar-refractivity contribution < 1.29 is 4.52 Å². The van der Waals surface area contributed by atoms with Crippen molar-refractivity contribution in [2.45, 2.75) is 0 Å². The van der Waals surface area contributed by atoms with E-state index in [4.69, 9.17) is 39.3 Å². The van der Waals surface area contributed by atoms with E-state index in [1.165, 1.54) is 11.3 Å². The third-order valence-electron chi connectivity index (χ3n) is 3.72. The lowest BCUT2D eigenvalue weighted by atomic mass is 10.1. The molecule has 0 aliphatic rings. The molecule has 140 valence electrons. The summed E-state index contributed by atoms with van der Waals surface area (Å²) in [5.74, 6) is 0.534. The lowest BCUT2D eigenvalue weighted by Crippen LogP contribution is -1.89. The predicted octanol–water partition coefficient (Wildman–Crippen LogP) is 6.87. The summed E-state index contributed by atoms with van der Waals surface area (Å²) in [4.78, 5) is 4.45. The number of rotatable bonds is 5. The van der Waals surface area contributed by atoms with Crippen molar-refractivity contribution in [3.05, 3.63) is 74.5 Å². The Morgan fingerprint density at radius 2 is 1.75 bits per heavy atom. The molecule has 5 nitrogen and oxygen atoms in total. The van der Waals surface area contributed by atoms with Gasteiger partial charge in [0.15, 0.2) is 5.76 Å². The zero-order chi connectivity index (χ0) is 19.5. The molecule has 0 atom stereocenters. The Balaban J connectivity index is 1.47. The van der Waals surface area contributed by atoms with Crippen LogP contribution in [-0.2, 0) is 0 Å². The number of nitrogens with one attached hydrogen (secondary N) is 1. The van der Waals surface area contributed by atoms with E-state index in [9.17, 15) is 0 Å². The van der Waals surface area contributed by atoms with E-state index in [2.05, 4.69) is 20.7 Å². The number of aromatic nitrogens is 2. The van der Waals surface area contributed by atoms with Crippen molar-refractivity contribution in [1.82, 2.24) is 10.1 Å². The van der Waals surface area contributed by atoms with Crippen molar-refractivity contribution in [1.29, 1.82) is 0 Å². The van der Waals surface area contributed by atoms with Crippen LogP contribution in [0.25, 0.3) is 22.7 Å². The first-order valence-electron chi connectivity index (χ1n) is 8.01. The van der Waals surface area contributed by atoms with E-state index in [1.54, 1.807) is 42.6 Å². The van der Waals surface area contributed by atoms with Gasteiger partial charge in [-0.15, -0.1) is 11.3 Å². The number of nitrogens with zero attached hydrogens (tertiary/aromatic N) is 3. The molecule has 0 radical (unpaired) electrons. The average Bonchev–Trinajstić information content (AvgIpc) is 3.33. The Hall–Kier alpha value is -2.38. The third-order valence-corrected chi connectivity index (χ3v) is 5.26. The molecule has 2 heterocycles. The van der Waals surface area contributed by atoms with Crippen molar-refractivity contribution in [3.63, 3.8) is 0 Å². The molecule has 0 saturated heterocycles. The number of hydrogen-bond donors (Lipinski definition) is 1. The van der Waals surface area contributed by atoms with Crippen LogP contribution in [0, 0.1) is 0 Å². The van der Waals surface area contributed by atoms with Crippen LogP contribution in [0.2, 0.25) is 15.1 Å². The standard InChI is InChI=1S/C19H11Cl3N4OS/c20-12-3-1-11(2-4-12)9-23-25-19-24-17(10-28-19)18-8-16(26-27-18)14-6-5-13(21)7-15(14)22/h1-10H,(H,24,25)/b23-9+. The number of hydrazone groups is 1. The first-order valence-corrected chi connectivity index (χ1v) is 10.0. The van der Waals surface area contributed by atoms with Crippen LogP contribution in [0.1, 0.15) is 5.56 Å². The number of halogens is 3. The zero-order valence-electron chi connectivity index (χ0n) is 14.1. The molecule has 9 heteroatoms. The second kappa shape index (κ2) is 8.32. The highest BCUT2D eigenvalue weighted by Gasteiger charge is 2.14. The van der Waals surface area contributed by atoms with E-state index < -0.39 is 0 Å². The fraction of sp³-hybridized carbons (Fsp3) is 0. The van der Waals surface area contributed by atoms with Crippen LogP contribution in [0.4, 0.5) is 5.13 Å². The first kappa shape index (κ1) is 19.0. The zero-order valence-corrected chi connectivity index (χ0v) is 17.1. The minimum atomic E-state index is 0.504. The van der Waals surface area contributed by atoms with Gasteiger partial charge in [0.2, 0.25) is 5.13 Å². The summed E-state index contributed by atoms with van der Waals surface area (Å²) in [5, 5.41) is 12.5. The van der Waals surface area contributed by atoms with Gasteiger partial charge >= 0.3 is 0 Å². The molecule has 2 aromatic carbocycles. The Morgan fingerprint density at radius 1 is 0.964 bits per heavy atom. The maximum atomic E-state index is 6.23. The predicted molar refractivity (Wildman–Crippen MR) is 116 cm³/mol. The van der Waals surface area contributed by atoms with E-state index >= 15 is 0 Å².